The minimum absolute atomic E-state index is 0.386. The van der Waals surface area contributed by atoms with Crippen molar-refractivity contribution < 1.29 is 4.74 Å². The van der Waals surface area contributed by atoms with E-state index in [0.29, 0.717) is 18.1 Å². The van der Waals surface area contributed by atoms with Crippen molar-refractivity contribution in [1.82, 2.24) is 5.32 Å². The molecule has 0 saturated heterocycles. The molecule has 0 aliphatic heterocycles. The van der Waals surface area contributed by atoms with Crippen molar-refractivity contribution in [2.24, 2.45) is 17.8 Å². The van der Waals surface area contributed by atoms with E-state index in [2.05, 4.69) is 88.4 Å². The summed E-state index contributed by atoms with van der Waals surface area (Å²) in [5.41, 5.74) is 0. The van der Waals surface area contributed by atoms with Crippen molar-refractivity contribution in [1.29, 1.82) is 0 Å². The molecule has 0 unspecified atom stereocenters. The van der Waals surface area contributed by atoms with Gasteiger partial charge in [0, 0.05) is 12.6 Å². The maximum atomic E-state index is 5.30. The van der Waals surface area contributed by atoms with Gasteiger partial charge in [0.25, 0.3) is 0 Å². The highest BCUT2D eigenvalue weighted by Gasteiger charge is 1.96. The minimum atomic E-state index is 0.386. The fourth-order valence-electron chi connectivity index (χ4n) is 1.24. The van der Waals surface area contributed by atoms with Crippen molar-refractivity contribution >= 4 is 11.8 Å². The van der Waals surface area contributed by atoms with Crippen molar-refractivity contribution in [3.05, 3.63) is 0 Å². The summed E-state index contributed by atoms with van der Waals surface area (Å²) in [6.45, 7) is 28.2. The van der Waals surface area contributed by atoms with E-state index in [1.54, 1.807) is 0 Å². The van der Waals surface area contributed by atoms with Crippen LogP contribution in [0.5, 0.6) is 0 Å². The molecule has 0 aromatic carbocycles. The van der Waals surface area contributed by atoms with Gasteiger partial charge < -0.3 is 10.1 Å². The summed E-state index contributed by atoms with van der Waals surface area (Å²) in [5.74, 6) is 3.59. The van der Waals surface area contributed by atoms with Gasteiger partial charge >= 0.3 is 0 Å². The van der Waals surface area contributed by atoms with E-state index in [-0.39, 0.29) is 0 Å². The third-order valence-electron chi connectivity index (χ3n) is 2.46. The number of ether oxygens (including phenoxy) is 1. The van der Waals surface area contributed by atoms with Crippen LogP contribution in [0.25, 0.3) is 0 Å². The van der Waals surface area contributed by atoms with Crippen LogP contribution in [-0.4, -0.2) is 36.3 Å². The third-order valence-corrected chi connectivity index (χ3v) is 3.99. The minimum Gasteiger partial charge on any atom is -0.379 e. The van der Waals surface area contributed by atoms with Gasteiger partial charge in [-0.3, -0.25) is 0 Å². The van der Waals surface area contributed by atoms with Gasteiger partial charge in [-0.2, -0.15) is 11.8 Å². The van der Waals surface area contributed by atoms with E-state index < -0.39 is 0 Å². The van der Waals surface area contributed by atoms with Crippen molar-refractivity contribution in [3.8, 4) is 0 Å². The second kappa shape index (κ2) is 19.6. The molecule has 0 atom stereocenters. The maximum absolute atomic E-state index is 5.30. The smallest absolute Gasteiger partial charge is 0.0518 e. The standard InChI is InChI=1S/C7H17N.C7H16O.C7H16S/c3*1-6(2)5-8-7(3)4/h6-8H,5H2,1-4H3;2*6-7H,5H2,1-4H3. The normalized spacial score (nSPS) is 11.2. The zero-order chi connectivity index (χ0) is 19.7. The van der Waals surface area contributed by atoms with Gasteiger partial charge in [0.1, 0.15) is 0 Å². The maximum Gasteiger partial charge on any atom is 0.0518 e. The zero-order valence-corrected chi connectivity index (χ0v) is 19.7. The lowest BCUT2D eigenvalue weighted by atomic mass is 10.2. The van der Waals surface area contributed by atoms with Crippen molar-refractivity contribution in [2.45, 2.75) is 100 Å². The SMILES string of the molecule is CC(C)CNC(C)C.CC(C)COC(C)C.CC(C)CSC(C)C. The molecular formula is C21H49NOS. The Morgan fingerprint density at radius 2 is 1.21 bits per heavy atom. The predicted molar refractivity (Wildman–Crippen MR) is 116 cm³/mol. The number of thioether (sulfide) groups is 1. The molecule has 0 bridgehead atoms. The van der Waals surface area contributed by atoms with Crippen LogP contribution in [0, 0.1) is 17.8 Å². The molecule has 0 aliphatic carbocycles. The van der Waals surface area contributed by atoms with Crippen LogP contribution >= 0.6 is 11.8 Å². The molecule has 0 radical (unpaired) electrons. The number of rotatable bonds is 9. The molecule has 0 rings (SSSR count). The Morgan fingerprint density at radius 3 is 1.33 bits per heavy atom. The highest BCUT2D eigenvalue weighted by molar-refractivity contribution is 7.99. The summed E-state index contributed by atoms with van der Waals surface area (Å²) in [6, 6.07) is 0.636. The fourth-order valence-corrected chi connectivity index (χ4v) is 2.01. The number of hydrogen-bond donors (Lipinski definition) is 1. The molecule has 24 heavy (non-hydrogen) atoms. The van der Waals surface area contributed by atoms with Crippen LogP contribution in [0.15, 0.2) is 0 Å². The highest BCUT2D eigenvalue weighted by atomic mass is 32.2. The first-order valence-corrected chi connectivity index (χ1v) is 10.9. The Balaban J connectivity index is -0.000000276. The summed E-state index contributed by atoms with van der Waals surface area (Å²) in [6.07, 6.45) is 0.386. The van der Waals surface area contributed by atoms with Crippen LogP contribution in [0.4, 0.5) is 0 Å². The first kappa shape index (κ1) is 29.0. The summed E-state index contributed by atoms with van der Waals surface area (Å²) >= 11 is 2.04. The second-order valence-corrected chi connectivity index (χ2v) is 10.1. The van der Waals surface area contributed by atoms with Gasteiger partial charge in [0.15, 0.2) is 0 Å². The molecule has 0 spiro atoms. The van der Waals surface area contributed by atoms with Gasteiger partial charge in [0.05, 0.1) is 6.10 Å². The Labute approximate surface area is 159 Å². The van der Waals surface area contributed by atoms with Gasteiger partial charge in [0.2, 0.25) is 0 Å². The number of hydrogen-bond acceptors (Lipinski definition) is 3. The van der Waals surface area contributed by atoms with Crippen molar-refractivity contribution in [3.63, 3.8) is 0 Å². The van der Waals surface area contributed by atoms with E-state index in [0.717, 1.165) is 30.2 Å². The first-order chi connectivity index (χ1) is 10.9. The van der Waals surface area contributed by atoms with E-state index in [4.69, 9.17) is 4.74 Å². The molecule has 0 aromatic heterocycles. The largest absolute Gasteiger partial charge is 0.379 e. The molecule has 0 amide bonds. The molecular weight excluding hydrogens is 314 g/mol. The van der Waals surface area contributed by atoms with E-state index in [9.17, 15) is 0 Å². The van der Waals surface area contributed by atoms with Gasteiger partial charge in [-0.15, -0.1) is 0 Å². The summed E-state index contributed by atoms with van der Waals surface area (Å²) < 4.78 is 5.30. The first-order valence-electron chi connectivity index (χ1n) is 9.84. The molecule has 0 heterocycles. The van der Waals surface area contributed by atoms with E-state index >= 15 is 0 Å². The zero-order valence-electron chi connectivity index (χ0n) is 18.9. The molecule has 0 aromatic rings. The molecule has 3 heteroatoms. The average molecular weight is 364 g/mol. The highest BCUT2D eigenvalue weighted by Crippen LogP contribution is 2.12. The Morgan fingerprint density at radius 1 is 0.708 bits per heavy atom. The van der Waals surface area contributed by atoms with Crippen molar-refractivity contribution in [2.75, 3.05) is 18.9 Å². The van der Waals surface area contributed by atoms with Gasteiger partial charge in [-0.05, 0) is 49.1 Å². The molecule has 2 nitrogen and oxygen atoms in total. The number of nitrogens with one attached hydrogen (secondary N) is 1. The lowest BCUT2D eigenvalue weighted by Crippen LogP contribution is -2.26. The Hall–Kier alpha value is 0.270. The summed E-state index contributed by atoms with van der Waals surface area (Å²) in [4.78, 5) is 0. The summed E-state index contributed by atoms with van der Waals surface area (Å²) in [5, 5.41) is 4.15. The molecule has 150 valence electrons. The average Bonchev–Trinajstić information content (AvgIpc) is 2.42. The molecule has 0 fully saturated rings. The third kappa shape index (κ3) is 43.2. The fraction of sp³-hybridized carbons (Fsp3) is 1.00. The van der Waals surface area contributed by atoms with Crippen LogP contribution in [0.1, 0.15) is 83.1 Å². The van der Waals surface area contributed by atoms with E-state index in [1.165, 1.54) is 5.75 Å². The molecule has 0 aliphatic rings. The van der Waals surface area contributed by atoms with E-state index in [1.807, 2.05) is 11.8 Å². The second-order valence-electron chi connectivity index (χ2n) is 8.51. The molecule has 1 N–H and O–H groups in total. The topological polar surface area (TPSA) is 21.3 Å². The summed E-state index contributed by atoms with van der Waals surface area (Å²) in [7, 11) is 0. The lowest BCUT2D eigenvalue weighted by molar-refractivity contribution is 0.0593. The van der Waals surface area contributed by atoms with Crippen LogP contribution in [-0.2, 0) is 4.74 Å². The quantitative estimate of drug-likeness (QED) is 0.505. The van der Waals surface area contributed by atoms with Crippen LogP contribution in [0.2, 0.25) is 0 Å². The Bertz CT molecular complexity index is 164. The molecule has 0 saturated carbocycles. The van der Waals surface area contributed by atoms with Gasteiger partial charge in [-0.25, -0.2) is 0 Å². The van der Waals surface area contributed by atoms with Crippen LogP contribution in [0.3, 0.4) is 0 Å². The van der Waals surface area contributed by atoms with Crippen LogP contribution < -0.4 is 5.32 Å². The predicted octanol–water partition coefficient (Wildman–Crippen LogP) is 6.49. The monoisotopic (exact) mass is 363 g/mol. The lowest BCUT2D eigenvalue weighted by Gasteiger charge is -2.09. The Kier molecular flexibility index (Phi) is 23.7. The van der Waals surface area contributed by atoms with Gasteiger partial charge in [-0.1, -0.05) is 69.2 Å².